The van der Waals surface area contributed by atoms with Crippen molar-refractivity contribution in [1.29, 1.82) is 0 Å². The highest BCUT2D eigenvalue weighted by Crippen LogP contribution is 2.29. The molecule has 4 heterocycles. The molecule has 7 nitrogen and oxygen atoms in total. The zero-order chi connectivity index (χ0) is 22.7. The molecule has 0 spiro atoms. The van der Waals surface area contributed by atoms with Crippen LogP contribution >= 0.6 is 0 Å². The van der Waals surface area contributed by atoms with Gasteiger partial charge >= 0.3 is 6.18 Å². The third kappa shape index (κ3) is 4.84. The molecule has 1 fully saturated rings. The van der Waals surface area contributed by atoms with Crippen molar-refractivity contribution in [1.82, 2.24) is 14.5 Å². The van der Waals surface area contributed by atoms with Gasteiger partial charge in [-0.3, -0.25) is 9.59 Å². The first kappa shape index (κ1) is 21.7. The molecule has 0 aromatic carbocycles. The summed E-state index contributed by atoms with van der Waals surface area (Å²) >= 11 is 0. The number of alkyl halides is 3. The molecule has 0 aliphatic carbocycles. The second-order valence-corrected chi connectivity index (χ2v) is 7.47. The number of carbonyl (C=O) groups excluding carboxylic acids is 1. The number of amides is 1. The highest BCUT2D eigenvalue weighted by atomic mass is 19.4. The molecular weight excluding hydrogens is 425 g/mol. The van der Waals surface area contributed by atoms with E-state index in [2.05, 4.69) is 4.98 Å². The zero-order valence-electron chi connectivity index (χ0n) is 17.1. The fourth-order valence-corrected chi connectivity index (χ4v) is 3.58. The second-order valence-electron chi connectivity index (χ2n) is 7.47. The molecule has 3 aromatic rings. The summed E-state index contributed by atoms with van der Waals surface area (Å²) in [5, 5.41) is 0. The van der Waals surface area contributed by atoms with E-state index in [9.17, 15) is 22.8 Å². The van der Waals surface area contributed by atoms with Gasteiger partial charge in [-0.05, 0) is 36.8 Å². The van der Waals surface area contributed by atoms with Gasteiger partial charge in [0.1, 0.15) is 11.6 Å². The van der Waals surface area contributed by atoms with Crippen LogP contribution in [0, 0.1) is 0 Å². The minimum absolute atomic E-state index is 0.165. The molecule has 1 amide bonds. The van der Waals surface area contributed by atoms with E-state index in [0.717, 1.165) is 12.3 Å². The van der Waals surface area contributed by atoms with Crippen LogP contribution in [0.4, 0.5) is 19.0 Å². The molecule has 10 heteroatoms. The number of hydrogen-bond acceptors (Lipinski definition) is 5. The van der Waals surface area contributed by atoms with Crippen LogP contribution in [0.15, 0.2) is 64.1 Å². The van der Waals surface area contributed by atoms with Crippen molar-refractivity contribution in [3.05, 3.63) is 82.3 Å². The van der Waals surface area contributed by atoms with Crippen molar-refractivity contribution in [2.24, 2.45) is 0 Å². The van der Waals surface area contributed by atoms with Crippen molar-refractivity contribution in [2.75, 3.05) is 31.1 Å². The maximum Gasteiger partial charge on any atom is 0.417 e. The number of anilines is 1. The van der Waals surface area contributed by atoms with Crippen molar-refractivity contribution < 1.29 is 22.4 Å². The largest absolute Gasteiger partial charge is 0.454 e. The van der Waals surface area contributed by atoms with Crippen LogP contribution in [-0.2, 0) is 12.7 Å². The van der Waals surface area contributed by atoms with Gasteiger partial charge in [0, 0.05) is 44.6 Å². The standard InChI is InChI=1S/C22H21F3N4O3/c23-22(24,25)16-5-8-19(26-14-16)27-10-3-11-28(13-12-27)21(31)18-7-6-17(32-18)15-29-9-2-1-4-20(29)30/h1-2,4-9,14H,3,10-13,15H2. The molecule has 0 saturated carbocycles. The first-order chi connectivity index (χ1) is 15.3. The Kier molecular flexibility index (Phi) is 6.02. The SMILES string of the molecule is O=C(c1ccc(Cn2ccccc2=O)o1)N1CCCN(c2ccc(C(F)(F)F)cn2)CC1. The summed E-state index contributed by atoms with van der Waals surface area (Å²) in [6.45, 7) is 2.11. The maximum atomic E-state index is 12.9. The summed E-state index contributed by atoms with van der Waals surface area (Å²) in [6.07, 6.45) is -1.32. The molecule has 3 aromatic heterocycles. The summed E-state index contributed by atoms with van der Waals surface area (Å²) in [5.74, 6) is 0.858. The predicted octanol–water partition coefficient (Wildman–Crippen LogP) is 3.26. The number of rotatable bonds is 4. The summed E-state index contributed by atoms with van der Waals surface area (Å²) in [5.41, 5.74) is -0.958. The number of furan rings is 1. The Morgan fingerprint density at radius 3 is 2.59 bits per heavy atom. The van der Waals surface area contributed by atoms with Gasteiger partial charge in [0.15, 0.2) is 5.76 Å². The lowest BCUT2D eigenvalue weighted by Gasteiger charge is -2.22. The van der Waals surface area contributed by atoms with Crippen molar-refractivity contribution in [3.8, 4) is 0 Å². The molecule has 4 rings (SSSR count). The van der Waals surface area contributed by atoms with Gasteiger partial charge in [-0.25, -0.2) is 4.98 Å². The summed E-state index contributed by atoms with van der Waals surface area (Å²) < 4.78 is 45.4. The maximum absolute atomic E-state index is 12.9. The Bertz CT molecular complexity index is 1140. The van der Waals surface area contributed by atoms with Crippen LogP contribution in [0.5, 0.6) is 0 Å². The molecule has 0 unspecified atom stereocenters. The van der Waals surface area contributed by atoms with E-state index in [4.69, 9.17) is 4.42 Å². The first-order valence-corrected chi connectivity index (χ1v) is 10.1. The molecule has 0 bridgehead atoms. The van der Waals surface area contributed by atoms with Gasteiger partial charge in [-0.1, -0.05) is 6.07 Å². The van der Waals surface area contributed by atoms with E-state index in [1.54, 1.807) is 35.4 Å². The number of aromatic nitrogens is 2. The van der Waals surface area contributed by atoms with Gasteiger partial charge in [-0.2, -0.15) is 13.2 Å². The Morgan fingerprint density at radius 1 is 1.03 bits per heavy atom. The number of nitrogens with zero attached hydrogens (tertiary/aromatic N) is 4. The minimum Gasteiger partial charge on any atom is -0.454 e. The first-order valence-electron chi connectivity index (χ1n) is 10.1. The summed E-state index contributed by atoms with van der Waals surface area (Å²) in [4.78, 5) is 32.2. The van der Waals surface area contributed by atoms with Crippen LogP contribution in [0.2, 0.25) is 0 Å². The van der Waals surface area contributed by atoms with Gasteiger partial charge < -0.3 is 18.8 Å². The second kappa shape index (κ2) is 8.89. The quantitative estimate of drug-likeness (QED) is 0.615. The van der Waals surface area contributed by atoms with Gasteiger partial charge in [0.05, 0.1) is 12.1 Å². The van der Waals surface area contributed by atoms with E-state index in [1.807, 2.05) is 4.90 Å². The third-order valence-corrected chi connectivity index (χ3v) is 5.28. The molecule has 1 aliphatic heterocycles. The number of pyridine rings is 2. The average molecular weight is 446 g/mol. The van der Waals surface area contributed by atoms with Gasteiger partial charge in [0.2, 0.25) is 0 Å². The molecule has 0 N–H and O–H groups in total. The van der Waals surface area contributed by atoms with E-state index in [-0.39, 0.29) is 23.8 Å². The van der Waals surface area contributed by atoms with E-state index < -0.39 is 11.7 Å². The molecule has 1 aliphatic rings. The van der Waals surface area contributed by atoms with Crippen LogP contribution < -0.4 is 10.5 Å². The lowest BCUT2D eigenvalue weighted by molar-refractivity contribution is -0.137. The smallest absolute Gasteiger partial charge is 0.417 e. The minimum atomic E-state index is -4.43. The monoisotopic (exact) mass is 446 g/mol. The van der Waals surface area contributed by atoms with Gasteiger partial charge in [0.25, 0.3) is 11.5 Å². The molecular formula is C22H21F3N4O3. The lowest BCUT2D eigenvalue weighted by Crippen LogP contribution is -2.35. The van der Waals surface area contributed by atoms with Crippen LogP contribution in [0.3, 0.4) is 0 Å². The van der Waals surface area contributed by atoms with Crippen molar-refractivity contribution in [2.45, 2.75) is 19.1 Å². The molecule has 0 radical (unpaired) electrons. The fourth-order valence-electron chi connectivity index (χ4n) is 3.58. The van der Waals surface area contributed by atoms with Crippen LogP contribution in [0.25, 0.3) is 0 Å². The van der Waals surface area contributed by atoms with E-state index >= 15 is 0 Å². The Labute approximate surface area is 181 Å². The summed E-state index contributed by atoms with van der Waals surface area (Å²) in [6, 6.07) is 10.5. The lowest BCUT2D eigenvalue weighted by atomic mass is 10.2. The van der Waals surface area contributed by atoms with Gasteiger partial charge in [-0.15, -0.1) is 0 Å². The van der Waals surface area contributed by atoms with E-state index in [0.29, 0.717) is 44.2 Å². The predicted molar refractivity (Wildman–Crippen MR) is 110 cm³/mol. The highest BCUT2D eigenvalue weighted by Gasteiger charge is 2.31. The fraction of sp³-hybridized carbons (Fsp3) is 0.318. The van der Waals surface area contributed by atoms with E-state index in [1.165, 1.54) is 16.7 Å². The Balaban J connectivity index is 1.39. The molecule has 1 saturated heterocycles. The third-order valence-electron chi connectivity index (χ3n) is 5.28. The van der Waals surface area contributed by atoms with Crippen LogP contribution in [-0.4, -0.2) is 46.5 Å². The highest BCUT2D eigenvalue weighted by molar-refractivity contribution is 5.91. The zero-order valence-corrected chi connectivity index (χ0v) is 17.1. The number of carbonyl (C=O) groups is 1. The van der Waals surface area contributed by atoms with Crippen LogP contribution in [0.1, 0.15) is 28.3 Å². The Morgan fingerprint density at radius 2 is 1.88 bits per heavy atom. The molecule has 32 heavy (non-hydrogen) atoms. The van der Waals surface area contributed by atoms with Crippen molar-refractivity contribution in [3.63, 3.8) is 0 Å². The number of hydrogen-bond donors (Lipinski definition) is 0. The number of halogens is 3. The molecule has 0 atom stereocenters. The Hall–Kier alpha value is -3.56. The van der Waals surface area contributed by atoms with Crippen molar-refractivity contribution >= 4 is 11.7 Å². The summed E-state index contributed by atoms with van der Waals surface area (Å²) in [7, 11) is 0. The average Bonchev–Trinajstić information content (AvgIpc) is 3.09. The normalized spacial score (nSPS) is 15.0. The topological polar surface area (TPSA) is 71.6 Å². The molecule has 168 valence electrons.